The molecule has 0 aromatic heterocycles. The first-order valence-corrected chi connectivity index (χ1v) is 2.68. The Balaban J connectivity index is 3.28. The van der Waals surface area contributed by atoms with E-state index in [2.05, 4.69) is 5.32 Å². The molecule has 4 nitrogen and oxygen atoms in total. The summed E-state index contributed by atoms with van der Waals surface area (Å²) in [7, 11) is 0. The monoisotopic (exact) mass is 132 g/mol. The number of aliphatic hydroxyl groups excluding tert-OH is 1. The van der Waals surface area contributed by atoms with Crippen molar-refractivity contribution in [2.45, 2.75) is 13.2 Å². The highest BCUT2D eigenvalue weighted by Gasteiger charge is 1.93. The van der Waals surface area contributed by atoms with Crippen LogP contribution in [-0.2, 0) is 0 Å². The molecule has 0 saturated carbocycles. The molecule has 0 aromatic rings. The van der Waals surface area contributed by atoms with Gasteiger partial charge in [-0.15, -0.1) is 0 Å². The van der Waals surface area contributed by atoms with E-state index in [0.29, 0.717) is 5.82 Å². The Hall–Kier alpha value is -0.740. The fraction of sp³-hybridized carbons (Fsp3) is 0.600. The van der Waals surface area contributed by atoms with Crippen LogP contribution in [0.5, 0.6) is 0 Å². The van der Waals surface area contributed by atoms with Crippen molar-refractivity contribution in [3.8, 4) is 0 Å². The van der Waals surface area contributed by atoms with Crippen LogP contribution in [0, 0.1) is 0 Å². The highest BCUT2D eigenvalue weighted by Crippen LogP contribution is 1.76. The van der Waals surface area contributed by atoms with Gasteiger partial charge in [0.1, 0.15) is 0 Å². The Morgan fingerprint density at radius 1 is 1.78 bits per heavy atom. The molecule has 0 bridgehead atoms. The Bertz CT molecular complexity index is 101. The van der Waals surface area contributed by atoms with Crippen LogP contribution in [0.25, 0.3) is 0 Å². The lowest BCUT2D eigenvalue weighted by Crippen LogP contribution is -2.29. The van der Waals surface area contributed by atoms with E-state index in [9.17, 15) is 0 Å². The lowest BCUT2D eigenvalue weighted by molar-refractivity contribution is -0.0356. The molecule has 9 heavy (non-hydrogen) atoms. The summed E-state index contributed by atoms with van der Waals surface area (Å²) in [6.07, 6.45) is 0.297. The molecule has 0 saturated heterocycles. The van der Waals surface area contributed by atoms with Crippen molar-refractivity contribution in [2.24, 2.45) is 5.73 Å². The van der Waals surface area contributed by atoms with Crippen molar-refractivity contribution in [1.29, 1.82) is 0 Å². The van der Waals surface area contributed by atoms with Crippen LogP contribution in [0.4, 0.5) is 0 Å². The molecule has 54 valence electrons. The number of hydrogen-bond acceptors (Lipinski definition) is 4. The van der Waals surface area contributed by atoms with Crippen molar-refractivity contribution in [1.82, 2.24) is 5.32 Å². The van der Waals surface area contributed by atoms with Gasteiger partial charge in [0.2, 0.25) is 0 Å². The Morgan fingerprint density at radius 2 is 2.33 bits per heavy atom. The van der Waals surface area contributed by atoms with Gasteiger partial charge < -0.3 is 21.3 Å². The topological polar surface area (TPSA) is 78.5 Å². The quantitative estimate of drug-likeness (QED) is 0.360. The molecule has 0 aliphatic heterocycles. The van der Waals surface area contributed by atoms with Gasteiger partial charge in [-0.25, -0.2) is 0 Å². The minimum Gasteiger partial charge on any atom is -0.386 e. The predicted octanol–water partition coefficient (Wildman–Crippen LogP) is -1.29. The summed E-state index contributed by atoms with van der Waals surface area (Å²) >= 11 is 0. The maximum atomic E-state index is 8.31. The third-order valence-electron chi connectivity index (χ3n) is 0.800. The third-order valence-corrected chi connectivity index (χ3v) is 0.800. The van der Waals surface area contributed by atoms with Crippen LogP contribution in [0.3, 0.4) is 0 Å². The molecule has 0 heterocycles. The molecule has 0 amide bonds. The molecule has 4 heteroatoms. The summed E-state index contributed by atoms with van der Waals surface area (Å²) in [5.74, 6) is 0.447. The summed E-state index contributed by atoms with van der Waals surface area (Å²) < 4.78 is 0. The van der Waals surface area contributed by atoms with E-state index in [0.717, 1.165) is 0 Å². The van der Waals surface area contributed by atoms with Crippen LogP contribution in [0.15, 0.2) is 11.9 Å². The number of nitrogens with one attached hydrogen (secondary N) is 1. The number of rotatable bonds is 3. The average molecular weight is 132 g/mol. The predicted molar refractivity (Wildman–Crippen MR) is 34.2 cm³/mol. The second kappa shape index (κ2) is 4.17. The van der Waals surface area contributed by atoms with Crippen molar-refractivity contribution in [3.05, 3.63) is 11.9 Å². The van der Waals surface area contributed by atoms with Crippen LogP contribution in [0.1, 0.15) is 6.92 Å². The first-order valence-electron chi connectivity index (χ1n) is 2.68. The average Bonchev–Trinajstić information content (AvgIpc) is 1.83. The second-order valence-electron chi connectivity index (χ2n) is 1.61. The molecule has 0 atom stereocenters. The molecule has 0 unspecified atom stereocenters. The fourth-order valence-electron chi connectivity index (χ4n) is 0.311. The largest absolute Gasteiger partial charge is 0.386 e. The van der Waals surface area contributed by atoms with Gasteiger partial charge in [0, 0.05) is 0 Å². The van der Waals surface area contributed by atoms with Gasteiger partial charge in [-0.2, -0.15) is 0 Å². The Morgan fingerprint density at radius 3 is 2.67 bits per heavy atom. The standard InChI is InChI=1S/C5H12N2O2/c1-2-4(6)7-3-5(8)9/h2,5,7-9H,3,6H2,1H3. The summed E-state index contributed by atoms with van der Waals surface area (Å²) in [5, 5.41) is 19.2. The van der Waals surface area contributed by atoms with E-state index in [1.165, 1.54) is 0 Å². The van der Waals surface area contributed by atoms with Crippen molar-refractivity contribution >= 4 is 0 Å². The van der Waals surface area contributed by atoms with E-state index < -0.39 is 6.29 Å². The normalized spacial score (nSPS) is 12.2. The van der Waals surface area contributed by atoms with E-state index in [1.54, 1.807) is 13.0 Å². The smallest absolute Gasteiger partial charge is 0.169 e. The lowest BCUT2D eigenvalue weighted by Gasteiger charge is -2.05. The third kappa shape index (κ3) is 5.13. The zero-order valence-electron chi connectivity index (χ0n) is 5.33. The van der Waals surface area contributed by atoms with Gasteiger partial charge in [-0.3, -0.25) is 0 Å². The fourth-order valence-corrected chi connectivity index (χ4v) is 0.311. The maximum absolute atomic E-state index is 8.31. The molecule has 5 N–H and O–H groups in total. The van der Waals surface area contributed by atoms with Crippen LogP contribution < -0.4 is 11.1 Å². The molecule has 0 aliphatic rings. The molecule has 0 aromatic carbocycles. The SMILES string of the molecule is CC=C(N)NCC(O)O. The highest BCUT2D eigenvalue weighted by atomic mass is 16.5. The molecule has 0 fully saturated rings. The Kier molecular flexibility index (Phi) is 3.83. The van der Waals surface area contributed by atoms with Crippen LogP contribution >= 0.6 is 0 Å². The second-order valence-corrected chi connectivity index (χ2v) is 1.61. The minimum absolute atomic E-state index is 0.0656. The molecular weight excluding hydrogens is 120 g/mol. The number of hydrogen-bond donors (Lipinski definition) is 4. The zero-order valence-corrected chi connectivity index (χ0v) is 5.33. The summed E-state index contributed by atoms with van der Waals surface area (Å²) in [4.78, 5) is 0. The maximum Gasteiger partial charge on any atom is 0.169 e. The Labute approximate surface area is 54.0 Å². The van der Waals surface area contributed by atoms with Crippen molar-refractivity contribution in [2.75, 3.05) is 6.54 Å². The summed E-state index contributed by atoms with van der Waals surface area (Å²) in [6, 6.07) is 0. The molecule has 0 aliphatic carbocycles. The summed E-state index contributed by atoms with van der Waals surface area (Å²) in [5.41, 5.74) is 5.25. The molecular formula is C5H12N2O2. The van der Waals surface area contributed by atoms with E-state index in [4.69, 9.17) is 15.9 Å². The van der Waals surface area contributed by atoms with Gasteiger partial charge in [-0.1, -0.05) is 0 Å². The number of allylic oxidation sites excluding steroid dienone is 1. The zero-order chi connectivity index (χ0) is 7.28. The molecule has 0 spiro atoms. The van der Waals surface area contributed by atoms with Gasteiger partial charge in [0.05, 0.1) is 12.4 Å². The van der Waals surface area contributed by atoms with E-state index >= 15 is 0 Å². The number of aliphatic hydroxyl groups is 2. The van der Waals surface area contributed by atoms with Gasteiger partial charge in [-0.05, 0) is 13.0 Å². The highest BCUT2D eigenvalue weighted by molar-refractivity contribution is 4.90. The first kappa shape index (κ1) is 8.26. The molecule has 0 radical (unpaired) electrons. The van der Waals surface area contributed by atoms with Gasteiger partial charge >= 0.3 is 0 Å². The minimum atomic E-state index is -1.34. The van der Waals surface area contributed by atoms with Crippen LogP contribution in [0.2, 0.25) is 0 Å². The van der Waals surface area contributed by atoms with Gasteiger partial charge in [0.15, 0.2) is 6.29 Å². The number of nitrogens with two attached hydrogens (primary N) is 1. The summed E-state index contributed by atoms with van der Waals surface area (Å²) in [6.45, 7) is 1.82. The van der Waals surface area contributed by atoms with Crippen LogP contribution in [-0.4, -0.2) is 23.0 Å². The lowest BCUT2D eigenvalue weighted by atomic mass is 10.5. The van der Waals surface area contributed by atoms with E-state index in [1.807, 2.05) is 0 Å². The van der Waals surface area contributed by atoms with Crippen molar-refractivity contribution in [3.63, 3.8) is 0 Å². The molecule has 0 rings (SSSR count). The van der Waals surface area contributed by atoms with Crippen molar-refractivity contribution < 1.29 is 10.2 Å². The first-order chi connectivity index (χ1) is 4.16. The van der Waals surface area contributed by atoms with E-state index in [-0.39, 0.29) is 6.54 Å². The van der Waals surface area contributed by atoms with Gasteiger partial charge in [0.25, 0.3) is 0 Å².